The molecule has 98 valence electrons. The highest BCUT2D eigenvalue weighted by atomic mass is 79.9. The molecule has 0 aliphatic heterocycles. The second-order valence-corrected chi connectivity index (χ2v) is 5.78. The molecule has 0 unspecified atom stereocenters. The molecule has 0 aliphatic rings. The van der Waals surface area contributed by atoms with E-state index in [9.17, 15) is 4.79 Å². The number of carbonyl (C=O) groups excluding carboxylic acids is 1. The lowest BCUT2D eigenvalue weighted by molar-refractivity contribution is 0.0600. The Labute approximate surface area is 124 Å². The number of anilines is 1. The molecule has 0 saturated carbocycles. The average molecular weight is 338 g/mol. The normalized spacial score (nSPS) is 10.2. The van der Waals surface area contributed by atoms with E-state index in [1.165, 1.54) is 7.11 Å². The Kier molecular flexibility index (Phi) is 4.50. The zero-order valence-corrected chi connectivity index (χ0v) is 12.6. The molecular weight excluding hydrogens is 326 g/mol. The van der Waals surface area contributed by atoms with Gasteiger partial charge in [-0.3, -0.25) is 0 Å². The Hall–Kier alpha value is -1.46. The van der Waals surface area contributed by atoms with Crippen LogP contribution in [0.2, 0.25) is 0 Å². The van der Waals surface area contributed by atoms with E-state index < -0.39 is 0 Å². The number of nitrogens with two attached hydrogens (primary N) is 1. The van der Waals surface area contributed by atoms with Crippen LogP contribution in [0.3, 0.4) is 0 Å². The molecule has 0 saturated heterocycles. The first-order valence-electron chi connectivity index (χ1n) is 5.51. The summed E-state index contributed by atoms with van der Waals surface area (Å²) in [6.45, 7) is 0. The van der Waals surface area contributed by atoms with Crippen LogP contribution in [-0.2, 0) is 4.74 Å². The van der Waals surface area contributed by atoms with E-state index >= 15 is 0 Å². The van der Waals surface area contributed by atoms with Crippen LogP contribution in [0.1, 0.15) is 10.4 Å². The quantitative estimate of drug-likeness (QED) is 0.680. The van der Waals surface area contributed by atoms with Crippen molar-refractivity contribution >= 4 is 39.3 Å². The van der Waals surface area contributed by atoms with Crippen LogP contribution in [0.4, 0.5) is 5.69 Å². The third-order valence-corrected chi connectivity index (χ3v) is 4.46. The van der Waals surface area contributed by atoms with Gasteiger partial charge in [0.05, 0.1) is 12.7 Å². The summed E-state index contributed by atoms with van der Waals surface area (Å²) in [5, 5.41) is 0. The Morgan fingerprint density at radius 2 is 1.89 bits per heavy atom. The molecular formula is C14H12BrNO2S. The summed E-state index contributed by atoms with van der Waals surface area (Å²) < 4.78 is 5.61. The summed E-state index contributed by atoms with van der Waals surface area (Å²) in [6.07, 6.45) is 0. The second kappa shape index (κ2) is 6.12. The Morgan fingerprint density at radius 3 is 2.47 bits per heavy atom. The number of halogens is 1. The van der Waals surface area contributed by atoms with Gasteiger partial charge in [-0.15, -0.1) is 0 Å². The van der Waals surface area contributed by atoms with Crippen LogP contribution in [-0.4, -0.2) is 13.1 Å². The van der Waals surface area contributed by atoms with Gasteiger partial charge in [-0.25, -0.2) is 4.79 Å². The Balaban J connectivity index is 2.17. The van der Waals surface area contributed by atoms with Gasteiger partial charge in [-0.05, 0) is 58.4 Å². The molecule has 0 bridgehead atoms. The van der Waals surface area contributed by atoms with Crippen molar-refractivity contribution in [1.82, 2.24) is 0 Å². The van der Waals surface area contributed by atoms with Crippen molar-refractivity contribution < 1.29 is 9.53 Å². The largest absolute Gasteiger partial charge is 0.465 e. The number of esters is 1. The van der Waals surface area contributed by atoms with Gasteiger partial charge in [0.15, 0.2) is 0 Å². The van der Waals surface area contributed by atoms with Gasteiger partial charge in [0.2, 0.25) is 0 Å². The predicted octanol–water partition coefficient (Wildman–Crippen LogP) is 3.97. The van der Waals surface area contributed by atoms with E-state index in [0.717, 1.165) is 20.0 Å². The minimum Gasteiger partial charge on any atom is -0.465 e. The van der Waals surface area contributed by atoms with Crippen LogP contribution in [0.15, 0.2) is 56.7 Å². The molecule has 5 heteroatoms. The smallest absolute Gasteiger partial charge is 0.337 e. The van der Waals surface area contributed by atoms with E-state index in [0.29, 0.717) is 5.56 Å². The highest BCUT2D eigenvalue weighted by Gasteiger charge is 2.06. The molecule has 2 rings (SSSR count). The van der Waals surface area contributed by atoms with Gasteiger partial charge in [0.25, 0.3) is 0 Å². The fourth-order valence-corrected chi connectivity index (χ4v) is 2.96. The summed E-state index contributed by atoms with van der Waals surface area (Å²) in [6, 6.07) is 13.0. The van der Waals surface area contributed by atoms with Crippen molar-refractivity contribution in [1.29, 1.82) is 0 Å². The summed E-state index contributed by atoms with van der Waals surface area (Å²) >= 11 is 5.07. The van der Waals surface area contributed by atoms with E-state index in [2.05, 4.69) is 20.7 Å². The standard InChI is InChI=1S/C14H12BrNO2S/c1-18-14(17)9-2-5-11(6-3-9)19-13-7-4-10(16)8-12(13)15/h2-8H,16H2,1H3. The first-order valence-corrected chi connectivity index (χ1v) is 7.12. The second-order valence-electron chi connectivity index (χ2n) is 3.81. The number of methoxy groups -OCH3 is 1. The number of hydrogen-bond acceptors (Lipinski definition) is 4. The lowest BCUT2D eigenvalue weighted by Crippen LogP contribution is -2.00. The Morgan fingerprint density at radius 1 is 1.21 bits per heavy atom. The number of rotatable bonds is 3. The van der Waals surface area contributed by atoms with Gasteiger partial charge in [0.1, 0.15) is 0 Å². The molecule has 0 fully saturated rings. The van der Waals surface area contributed by atoms with Crippen molar-refractivity contribution in [2.24, 2.45) is 0 Å². The number of nitrogen functional groups attached to an aromatic ring is 1. The predicted molar refractivity (Wildman–Crippen MR) is 80.5 cm³/mol. The van der Waals surface area contributed by atoms with E-state index in [1.54, 1.807) is 23.9 Å². The van der Waals surface area contributed by atoms with E-state index in [-0.39, 0.29) is 5.97 Å². The van der Waals surface area contributed by atoms with Crippen molar-refractivity contribution in [2.75, 3.05) is 12.8 Å². The zero-order valence-electron chi connectivity index (χ0n) is 10.2. The fraction of sp³-hybridized carbons (Fsp3) is 0.0714. The lowest BCUT2D eigenvalue weighted by Gasteiger charge is -2.06. The van der Waals surface area contributed by atoms with Gasteiger partial charge in [-0.1, -0.05) is 11.8 Å². The van der Waals surface area contributed by atoms with Crippen molar-refractivity contribution in [3.05, 3.63) is 52.5 Å². The Bertz CT molecular complexity index is 599. The zero-order chi connectivity index (χ0) is 13.8. The first kappa shape index (κ1) is 14.0. The van der Waals surface area contributed by atoms with Crippen molar-refractivity contribution in [3.63, 3.8) is 0 Å². The average Bonchev–Trinajstić information content (AvgIpc) is 2.42. The topological polar surface area (TPSA) is 52.3 Å². The van der Waals surface area contributed by atoms with Crippen molar-refractivity contribution in [3.8, 4) is 0 Å². The molecule has 2 aromatic carbocycles. The maximum atomic E-state index is 11.3. The lowest BCUT2D eigenvalue weighted by atomic mass is 10.2. The molecule has 2 aromatic rings. The van der Waals surface area contributed by atoms with Crippen LogP contribution in [0, 0.1) is 0 Å². The molecule has 19 heavy (non-hydrogen) atoms. The minimum atomic E-state index is -0.329. The maximum absolute atomic E-state index is 11.3. The summed E-state index contributed by atoms with van der Waals surface area (Å²) in [4.78, 5) is 13.4. The monoisotopic (exact) mass is 337 g/mol. The van der Waals surface area contributed by atoms with Crippen LogP contribution < -0.4 is 5.73 Å². The van der Waals surface area contributed by atoms with Crippen LogP contribution >= 0.6 is 27.7 Å². The number of hydrogen-bond donors (Lipinski definition) is 1. The van der Waals surface area contributed by atoms with E-state index in [4.69, 9.17) is 5.73 Å². The molecule has 0 spiro atoms. The molecule has 0 aromatic heterocycles. The first-order chi connectivity index (χ1) is 9.10. The SMILES string of the molecule is COC(=O)c1ccc(Sc2ccc(N)cc2Br)cc1. The molecule has 3 nitrogen and oxygen atoms in total. The van der Waals surface area contributed by atoms with Gasteiger partial charge >= 0.3 is 5.97 Å². The molecule has 0 aliphatic carbocycles. The summed E-state index contributed by atoms with van der Waals surface area (Å²) in [7, 11) is 1.37. The fourth-order valence-electron chi connectivity index (χ4n) is 1.50. The number of ether oxygens (including phenoxy) is 1. The molecule has 0 radical (unpaired) electrons. The van der Waals surface area contributed by atoms with Gasteiger partial charge in [0, 0.05) is 20.0 Å². The summed E-state index contributed by atoms with van der Waals surface area (Å²) in [5.41, 5.74) is 6.96. The molecule has 2 N–H and O–H groups in total. The molecule has 0 heterocycles. The van der Waals surface area contributed by atoms with E-state index in [1.807, 2.05) is 30.3 Å². The molecule has 0 amide bonds. The highest BCUT2D eigenvalue weighted by Crippen LogP contribution is 2.34. The molecule has 0 atom stereocenters. The maximum Gasteiger partial charge on any atom is 0.337 e. The number of carbonyl (C=O) groups is 1. The number of benzene rings is 2. The third-order valence-electron chi connectivity index (χ3n) is 2.46. The van der Waals surface area contributed by atoms with Crippen molar-refractivity contribution in [2.45, 2.75) is 9.79 Å². The van der Waals surface area contributed by atoms with Gasteiger partial charge < -0.3 is 10.5 Å². The van der Waals surface area contributed by atoms with Gasteiger partial charge in [-0.2, -0.15) is 0 Å². The third kappa shape index (κ3) is 3.52. The minimum absolute atomic E-state index is 0.329. The summed E-state index contributed by atoms with van der Waals surface area (Å²) in [5.74, 6) is -0.329. The highest BCUT2D eigenvalue weighted by molar-refractivity contribution is 9.10. The van der Waals surface area contributed by atoms with Crippen LogP contribution in [0.5, 0.6) is 0 Å². The van der Waals surface area contributed by atoms with Crippen LogP contribution in [0.25, 0.3) is 0 Å².